The van der Waals surface area contributed by atoms with Crippen LogP contribution < -0.4 is 0 Å². The maximum Gasteiger partial charge on any atom is 0.407 e. The van der Waals surface area contributed by atoms with Crippen molar-refractivity contribution in [2.24, 2.45) is 0 Å². The van der Waals surface area contributed by atoms with Crippen LogP contribution in [0.3, 0.4) is 0 Å². The van der Waals surface area contributed by atoms with Crippen LogP contribution in [0.2, 0.25) is 0 Å². The largest absolute Gasteiger partial charge is 0.465 e. The molecular formula is C9H21N3O2. The minimum Gasteiger partial charge on any atom is -0.465 e. The van der Waals surface area contributed by atoms with E-state index in [1.807, 2.05) is 38.0 Å². The molecule has 0 aliphatic carbocycles. The van der Waals surface area contributed by atoms with Gasteiger partial charge in [0, 0.05) is 26.2 Å². The van der Waals surface area contributed by atoms with Gasteiger partial charge in [0.15, 0.2) is 0 Å². The van der Waals surface area contributed by atoms with Gasteiger partial charge < -0.3 is 19.8 Å². The van der Waals surface area contributed by atoms with Crippen molar-refractivity contribution in [1.82, 2.24) is 14.7 Å². The summed E-state index contributed by atoms with van der Waals surface area (Å²) in [6.07, 6.45) is -0.839. The summed E-state index contributed by atoms with van der Waals surface area (Å²) in [6.45, 7) is 2.66. The molecule has 0 aromatic rings. The Kier molecular flexibility index (Phi) is 6.23. The maximum atomic E-state index is 10.8. The third kappa shape index (κ3) is 6.68. The molecule has 0 radical (unpaired) electrons. The second-order valence-corrected chi connectivity index (χ2v) is 3.88. The van der Waals surface area contributed by atoms with Crippen molar-refractivity contribution in [1.29, 1.82) is 0 Å². The number of likely N-dealkylation sites (N-methyl/N-ethyl adjacent to an activating group) is 2. The van der Waals surface area contributed by atoms with Crippen molar-refractivity contribution >= 4 is 6.09 Å². The number of amides is 1. The normalized spacial score (nSPS) is 11.0. The number of hydrogen-bond acceptors (Lipinski definition) is 3. The van der Waals surface area contributed by atoms with Crippen LogP contribution in [0.15, 0.2) is 0 Å². The highest BCUT2D eigenvalue weighted by molar-refractivity contribution is 5.64. The predicted octanol–water partition coefficient (Wildman–Crippen LogP) is 0.0896. The number of hydrogen-bond donors (Lipinski definition) is 1. The molecular weight excluding hydrogens is 182 g/mol. The molecule has 14 heavy (non-hydrogen) atoms. The Morgan fingerprint density at radius 1 is 0.929 bits per heavy atom. The van der Waals surface area contributed by atoms with Gasteiger partial charge in [-0.15, -0.1) is 0 Å². The Balaban J connectivity index is 3.84. The number of carbonyl (C=O) groups is 1. The van der Waals surface area contributed by atoms with E-state index in [0.29, 0.717) is 13.1 Å². The van der Waals surface area contributed by atoms with Crippen LogP contribution in [0.25, 0.3) is 0 Å². The Hall–Kier alpha value is -0.810. The molecule has 0 aliphatic heterocycles. The summed E-state index contributed by atoms with van der Waals surface area (Å²) in [4.78, 5) is 16.2. The maximum absolute atomic E-state index is 10.8. The lowest BCUT2D eigenvalue weighted by Crippen LogP contribution is -2.39. The quantitative estimate of drug-likeness (QED) is 0.664. The summed E-state index contributed by atoms with van der Waals surface area (Å²) in [5.74, 6) is 0. The SMILES string of the molecule is CN(C)CCN(CCN(C)C)C(=O)O. The first-order chi connectivity index (χ1) is 6.43. The van der Waals surface area contributed by atoms with Crippen molar-refractivity contribution < 1.29 is 9.90 Å². The van der Waals surface area contributed by atoms with E-state index in [1.54, 1.807) is 0 Å². The fourth-order valence-corrected chi connectivity index (χ4v) is 0.945. The van der Waals surface area contributed by atoms with Gasteiger partial charge in [-0.05, 0) is 28.2 Å². The molecule has 0 aromatic carbocycles. The molecule has 0 rings (SSSR count). The third-order valence-electron chi connectivity index (χ3n) is 1.90. The molecule has 0 aromatic heterocycles. The molecule has 0 saturated heterocycles. The summed E-state index contributed by atoms with van der Waals surface area (Å²) in [5.41, 5.74) is 0. The van der Waals surface area contributed by atoms with Gasteiger partial charge in [-0.25, -0.2) is 4.79 Å². The first kappa shape index (κ1) is 13.2. The van der Waals surface area contributed by atoms with Crippen molar-refractivity contribution in [3.05, 3.63) is 0 Å². The molecule has 0 heterocycles. The molecule has 0 bridgehead atoms. The molecule has 84 valence electrons. The van der Waals surface area contributed by atoms with E-state index >= 15 is 0 Å². The summed E-state index contributed by atoms with van der Waals surface area (Å²) in [6, 6.07) is 0. The van der Waals surface area contributed by atoms with Crippen molar-refractivity contribution in [2.75, 3.05) is 54.4 Å². The molecule has 1 amide bonds. The molecule has 0 unspecified atom stereocenters. The fraction of sp³-hybridized carbons (Fsp3) is 0.889. The van der Waals surface area contributed by atoms with Crippen LogP contribution in [-0.4, -0.2) is 80.3 Å². The Labute approximate surface area is 85.9 Å². The van der Waals surface area contributed by atoms with Crippen molar-refractivity contribution in [3.63, 3.8) is 0 Å². The van der Waals surface area contributed by atoms with Gasteiger partial charge in [-0.3, -0.25) is 0 Å². The molecule has 0 spiro atoms. The highest BCUT2D eigenvalue weighted by Crippen LogP contribution is 1.91. The fourth-order valence-electron chi connectivity index (χ4n) is 0.945. The van der Waals surface area contributed by atoms with Crippen LogP contribution in [-0.2, 0) is 0 Å². The Bertz CT molecular complexity index is 159. The van der Waals surface area contributed by atoms with E-state index in [-0.39, 0.29) is 0 Å². The first-order valence-corrected chi connectivity index (χ1v) is 4.71. The molecule has 1 N–H and O–H groups in total. The average molecular weight is 203 g/mol. The zero-order valence-corrected chi connectivity index (χ0v) is 9.53. The standard InChI is InChI=1S/C9H21N3O2/c1-10(2)5-7-12(9(13)14)8-6-11(3)4/h5-8H2,1-4H3,(H,13,14). The highest BCUT2D eigenvalue weighted by atomic mass is 16.4. The lowest BCUT2D eigenvalue weighted by atomic mass is 10.4. The number of nitrogens with zero attached hydrogens (tertiary/aromatic N) is 3. The van der Waals surface area contributed by atoms with Crippen molar-refractivity contribution in [2.45, 2.75) is 0 Å². The van der Waals surface area contributed by atoms with Crippen LogP contribution in [0.5, 0.6) is 0 Å². The predicted molar refractivity (Wildman–Crippen MR) is 56.7 cm³/mol. The van der Waals surface area contributed by atoms with E-state index in [0.717, 1.165) is 13.1 Å². The highest BCUT2D eigenvalue weighted by Gasteiger charge is 2.11. The van der Waals surface area contributed by atoms with E-state index < -0.39 is 6.09 Å². The zero-order valence-electron chi connectivity index (χ0n) is 9.53. The smallest absolute Gasteiger partial charge is 0.407 e. The van der Waals surface area contributed by atoms with E-state index in [9.17, 15) is 4.79 Å². The summed E-state index contributed by atoms with van der Waals surface area (Å²) in [7, 11) is 7.75. The minimum absolute atomic E-state index is 0.566. The molecule has 5 heteroatoms. The van der Waals surface area contributed by atoms with Gasteiger partial charge in [0.25, 0.3) is 0 Å². The molecule has 0 fully saturated rings. The lowest BCUT2D eigenvalue weighted by Gasteiger charge is -2.22. The Morgan fingerprint density at radius 3 is 1.50 bits per heavy atom. The second-order valence-electron chi connectivity index (χ2n) is 3.88. The summed E-state index contributed by atoms with van der Waals surface area (Å²) < 4.78 is 0. The van der Waals surface area contributed by atoms with Gasteiger partial charge in [0.1, 0.15) is 0 Å². The third-order valence-corrected chi connectivity index (χ3v) is 1.90. The zero-order chi connectivity index (χ0) is 11.1. The minimum atomic E-state index is -0.839. The van der Waals surface area contributed by atoms with Crippen LogP contribution >= 0.6 is 0 Å². The van der Waals surface area contributed by atoms with Gasteiger partial charge in [-0.2, -0.15) is 0 Å². The van der Waals surface area contributed by atoms with Gasteiger partial charge in [0.05, 0.1) is 0 Å². The van der Waals surface area contributed by atoms with Crippen LogP contribution in [0.4, 0.5) is 4.79 Å². The van der Waals surface area contributed by atoms with E-state index in [4.69, 9.17) is 5.11 Å². The molecule has 0 atom stereocenters. The molecule has 0 aliphatic rings. The topological polar surface area (TPSA) is 47.0 Å². The Morgan fingerprint density at radius 2 is 1.29 bits per heavy atom. The van der Waals surface area contributed by atoms with Gasteiger partial charge >= 0.3 is 6.09 Å². The van der Waals surface area contributed by atoms with Crippen LogP contribution in [0.1, 0.15) is 0 Å². The number of carboxylic acid groups (broad SMARTS) is 1. The van der Waals surface area contributed by atoms with Crippen molar-refractivity contribution in [3.8, 4) is 0 Å². The summed E-state index contributed by atoms with van der Waals surface area (Å²) in [5, 5.41) is 8.89. The van der Waals surface area contributed by atoms with Gasteiger partial charge in [0.2, 0.25) is 0 Å². The molecule has 0 saturated carbocycles. The number of rotatable bonds is 6. The monoisotopic (exact) mass is 203 g/mol. The average Bonchev–Trinajstić information content (AvgIpc) is 2.02. The second kappa shape index (κ2) is 6.62. The summed E-state index contributed by atoms with van der Waals surface area (Å²) >= 11 is 0. The van der Waals surface area contributed by atoms with Crippen LogP contribution in [0, 0.1) is 0 Å². The first-order valence-electron chi connectivity index (χ1n) is 4.71. The molecule has 5 nitrogen and oxygen atoms in total. The van der Waals surface area contributed by atoms with E-state index in [2.05, 4.69) is 0 Å². The van der Waals surface area contributed by atoms with Gasteiger partial charge in [-0.1, -0.05) is 0 Å². The lowest BCUT2D eigenvalue weighted by molar-refractivity contribution is 0.137. The van der Waals surface area contributed by atoms with E-state index in [1.165, 1.54) is 4.90 Å².